The van der Waals surface area contributed by atoms with E-state index in [9.17, 15) is 14.3 Å². The zero-order chi connectivity index (χ0) is 15.9. The average Bonchev–Trinajstić information content (AvgIpc) is 2.54. The second kappa shape index (κ2) is 7.77. The number of benzene rings is 2. The Morgan fingerprint density at radius 1 is 1.27 bits per heavy atom. The number of carbonyl (C=O) groups is 1. The van der Waals surface area contributed by atoms with Crippen LogP contribution in [0.25, 0.3) is 0 Å². The number of rotatable bonds is 5. The topological polar surface area (TPSA) is 58.6 Å². The normalized spacial score (nSPS) is 11.8. The fourth-order valence-electron chi connectivity index (χ4n) is 1.87. The zero-order valence-electron chi connectivity index (χ0n) is 11.6. The maximum Gasteiger partial charge on any atom is 0.408 e. The van der Waals surface area contributed by atoms with Crippen LogP contribution < -0.4 is 5.32 Å². The summed E-state index contributed by atoms with van der Waals surface area (Å²) in [5.74, 6) is -0.561. The summed E-state index contributed by atoms with van der Waals surface area (Å²) in [6, 6.07) is 12.5. The Morgan fingerprint density at radius 2 is 2.00 bits per heavy atom. The summed E-state index contributed by atoms with van der Waals surface area (Å²) < 4.78 is 18.2. The van der Waals surface area contributed by atoms with Gasteiger partial charge in [0.2, 0.25) is 0 Å². The maximum atomic E-state index is 13.1. The van der Waals surface area contributed by atoms with E-state index in [4.69, 9.17) is 16.3 Å². The summed E-state index contributed by atoms with van der Waals surface area (Å²) >= 11 is 5.69. The highest BCUT2D eigenvalue weighted by molar-refractivity contribution is 6.30. The third-order valence-electron chi connectivity index (χ3n) is 3.03. The molecule has 2 rings (SSSR count). The first-order chi connectivity index (χ1) is 10.6. The van der Waals surface area contributed by atoms with Crippen LogP contribution in [0.4, 0.5) is 9.18 Å². The van der Waals surface area contributed by atoms with Crippen molar-refractivity contribution >= 4 is 17.7 Å². The molecule has 1 unspecified atom stereocenters. The summed E-state index contributed by atoms with van der Waals surface area (Å²) in [5.41, 5.74) is 1.34. The van der Waals surface area contributed by atoms with Crippen LogP contribution in [-0.2, 0) is 11.3 Å². The van der Waals surface area contributed by atoms with E-state index in [2.05, 4.69) is 5.32 Å². The van der Waals surface area contributed by atoms with Crippen LogP contribution in [0.3, 0.4) is 0 Å². The molecule has 6 heteroatoms. The Labute approximate surface area is 132 Å². The number of ether oxygens (including phenoxy) is 1. The molecule has 0 heterocycles. The summed E-state index contributed by atoms with van der Waals surface area (Å²) in [4.78, 5) is 11.8. The van der Waals surface area contributed by atoms with E-state index in [1.165, 1.54) is 18.2 Å². The summed E-state index contributed by atoms with van der Waals surface area (Å²) in [5, 5.41) is 11.8. The number of alkyl carbamates (subject to hydrolysis) is 1. The Morgan fingerprint density at radius 3 is 2.64 bits per heavy atom. The van der Waals surface area contributed by atoms with Gasteiger partial charge in [-0.2, -0.15) is 0 Å². The quantitative estimate of drug-likeness (QED) is 0.886. The molecule has 0 radical (unpaired) electrons. The monoisotopic (exact) mass is 323 g/mol. The third kappa shape index (κ3) is 4.44. The zero-order valence-corrected chi connectivity index (χ0v) is 12.4. The molecule has 0 aliphatic carbocycles. The van der Waals surface area contributed by atoms with E-state index in [1.807, 2.05) is 30.3 Å². The standard InChI is InChI=1S/C16H15ClFNO3/c17-13-8-12(6-7-14(13)18)15(9-20)19-16(21)22-10-11-4-2-1-3-5-11/h1-8,15,20H,9-10H2,(H,19,21). The molecule has 0 aromatic heterocycles. The molecule has 22 heavy (non-hydrogen) atoms. The molecule has 0 bridgehead atoms. The molecule has 0 saturated carbocycles. The molecular weight excluding hydrogens is 309 g/mol. The van der Waals surface area contributed by atoms with Gasteiger partial charge in [-0.25, -0.2) is 9.18 Å². The van der Waals surface area contributed by atoms with E-state index in [-0.39, 0.29) is 18.2 Å². The molecule has 4 nitrogen and oxygen atoms in total. The minimum Gasteiger partial charge on any atom is -0.445 e. The molecule has 0 aliphatic heterocycles. The Hall–Kier alpha value is -2.11. The minimum absolute atomic E-state index is 0.0737. The summed E-state index contributed by atoms with van der Waals surface area (Å²) in [6.45, 7) is -0.239. The van der Waals surface area contributed by atoms with E-state index in [0.29, 0.717) is 5.56 Å². The van der Waals surface area contributed by atoms with E-state index in [0.717, 1.165) is 5.56 Å². The van der Waals surface area contributed by atoms with Crippen molar-refractivity contribution in [3.05, 3.63) is 70.5 Å². The van der Waals surface area contributed by atoms with Crippen LogP contribution in [0.15, 0.2) is 48.5 Å². The van der Waals surface area contributed by atoms with E-state index >= 15 is 0 Å². The highest BCUT2D eigenvalue weighted by Crippen LogP contribution is 2.21. The van der Waals surface area contributed by atoms with Crippen LogP contribution in [0.5, 0.6) is 0 Å². The van der Waals surface area contributed by atoms with Crippen molar-refractivity contribution in [2.24, 2.45) is 0 Å². The molecule has 2 aromatic rings. The van der Waals surface area contributed by atoms with Gasteiger partial charge >= 0.3 is 6.09 Å². The van der Waals surface area contributed by atoms with Crippen LogP contribution in [-0.4, -0.2) is 17.8 Å². The van der Waals surface area contributed by atoms with Crippen LogP contribution >= 0.6 is 11.6 Å². The van der Waals surface area contributed by atoms with Gasteiger partial charge in [0.15, 0.2) is 0 Å². The van der Waals surface area contributed by atoms with Crippen molar-refractivity contribution in [2.45, 2.75) is 12.6 Å². The lowest BCUT2D eigenvalue weighted by Crippen LogP contribution is -2.31. The summed E-state index contributed by atoms with van der Waals surface area (Å²) in [7, 11) is 0. The van der Waals surface area contributed by atoms with Crippen molar-refractivity contribution in [1.29, 1.82) is 0 Å². The van der Waals surface area contributed by atoms with E-state index in [1.54, 1.807) is 0 Å². The van der Waals surface area contributed by atoms with Gasteiger partial charge in [-0.1, -0.05) is 48.0 Å². The number of hydrogen-bond donors (Lipinski definition) is 2. The number of amides is 1. The van der Waals surface area contributed by atoms with E-state index < -0.39 is 18.0 Å². The molecule has 116 valence electrons. The number of hydrogen-bond acceptors (Lipinski definition) is 3. The Balaban J connectivity index is 1.94. The molecule has 2 N–H and O–H groups in total. The molecule has 1 amide bonds. The van der Waals surface area contributed by atoms with Gasteiger partial charge in [-0.15, -0.1) is 0 Å². The molecule has 2 aromatic carbocycles. The van der Waals surface area contributed by atoms with Gasteiger partial charge < -0.3 is 15.2 Å². The fourth-order valence-corrected chi connectivity index (χ4v) is 2.06. The first kappa shape index (κ1) is 16.3. The van der Waals surface area contributed by atoms with Crippen LogP contribution in [0.1, 0.15) is 17.2 Å². The molecule has 0 fully saturated rings. The number of carbonyl (C=O) groups excluding carboxylic acids is 1. The Kier molecular flexibility index (Phi) is 5.75. The number of halogens is 2. The maximum absolute atomic E-state index is 13.1. The number of aliphatic hydroxyl groups is 1. The fraction of sp³-hybridized carbons (Fsp3) is 0.188. The van der Waals surface area contributed by atoms with Crippen LogP contribution in [0.2, 0.25) is 5.02 Å². The minimum atomic E-state index is -0.721. The van der Waals surface area contributed by atoms with Gasteiger partial charge in [-0.3, -0.25) is 0 Å². The lowest BCUT2D eigenvalue weighted by atomic mass is 10.1. The first-order valence-corrected chi connectivity index (χ1v) is 7.01. The van der Waals surface area contributed by atoms with Crippen LogP contribution in [0, 0.1) is 5.82 Å². The van der Waals surface area contributed by atoms with Crippen molar-refractivity contribution in [3.8, 4) is 0 Å². The third-order valence-corrected chi connectivity index (χ3v) is 3.32. The van der Waals surface area contributed by atoms with Crippen molar-refractivity contribution in [1.82, 2.24) is 5.32 Å². The van der Waals surface area contributed by atoms with Gasteiger partial charge in [0.25, 0.3) is 0 Å². The lowest BCUT2D eigenvalue weighted by molar-refractivity contribution is 0.129. The highest BCUT2D eigenvalue weighted by Gasteiger charge is 2.16. The largest absolute Gasteiger partial charge is 0.445 e. The van der Waals surface area contributed by atoms with Gasteiger partial charge in [0.05, 0.1) is 17.7 Å². The second-order valence-electron chi connectivity index (χ2n) is 4.61. The summed E-state index contributed by atoms with van der Waals surface area (Å²) in [6.07, 6.45) is -0.677. The highest BCUT2D eigenvalue weighted by atomic mass is 35.5. The number of aliphatic hydroxyl groups excluding tert-OH is 1. The molecule has 1 atom stereocenters. The number of nitrogens with one attached hydrogen (secondary N) is 1. The van der Waals surface area contributed by atoms with Crippen molar-refractivity contribution < 1.29 is 19.0 Å². The molecule has 0 saturated heterocycles. The second-order valence-corrected chi connectivity index (χ2v) is 5.02. The van der Waals surface area contributed by atoms with Crippen molar-refractivity contribution in [2.75, 3.05) is 6.61 Å². The molecule has 0 aliphatic rings. The predicted octanol–water partition coefficient (Wildman–Crippen LogP) is 3.44. The smallest absolute Gasteiger partial charge is 0.408 e. The molecular formula is C16H15ClFNO3. The first-order valence-electron chi connectivity index (χ1n) is 6.63. The average molecular weight is 324 g/mol. The van der Waals surface area contributed by atoms with Crippen molar-refractivity contribution in [3.63, 3.8) is 0 Å². The van der Waals surface area contributed by atoms with Gasteiger partial charge in [0.1, 0.15) is 12.4 Å². The van der Waals surface area contributed by atoms with Gasteiger partial charge in [0, 0.05) is 0 Å². The lowest BCUT2D eigenvalue weighted by Gasteiger charge is -2.17. The Bertz CT molecular complexity index is 637. The SMILES string of the molecule is O=C(NC(CO)c1ccc(F)c(Cl)c1)OCc1ccccc1. The van der Waals surface area contributed by atoms with Gasteiger partial charge in [-0.05, 0) is 23.3 Å². The predicted molar refractivity (Wildman–Crippen MR) is 81.0 cm³/mol. The molecule has 0 spiro atoms.